The zero-order chi connectivity index (χ0) is 18.4. The summed E-state index contributed by atoms with van der Waals surface area (Å²) in [6, 6.07) is 22.8. The van der Waals surface area contributed by atoms with E-state index in [9.17, 15) is 4.79 Å². The van der Waals surface area contributed by atoms with Gasteiger partial charge in [-0.25, -0.2) is 4.79 Å². The van der Waals surface area contributed by atoms with Crippen LogP contribution in [0.2, 0.25) is 0 Å². The van der Waals surface area contributed by atoms with Crippen LogP contribution in [-0.2, 0) is 17.8 Å². The SMILES string of the molecule is CCOC(=O)c1ccc(CN(CC)Cc2ccc3ccccc3c2)cc1. The van der Waals surface area contributed by atoms with Gasteiger partial charge in [0.1, 0.15) is 0 Å². The molecule has 0 aliphatic rings. The quantitative estimate of drug-likeness (QED) is 0.561. The van der Waals surface area contributed by atoms with Crippen molar-refractivity contribution in [2.45, 2.75) is 26.9 Å². The lowest BCUT2D eigenvalue weighted by atomic mass is 10.1. The molecular formula is C23H25NO2. The Kier molecular flexibility index (Phi) is 6.03. The van der Waals surface area contributed by atoms with Gasteiger partial charge in [-0.05, 0) is 53.6 Å². The first-order valence-electron chi connectivity index (χ1n) is 9.15. The maximum Gasteiger partial charge on any atom is 0.338 e. The number of benzene rings is 3. The van der Waals surface area contributed by atoms with E-state index in [1.54, 1.807) is 0 Å². The first kappa shape index (κ1) is 18.2. The topological polar surface area (TPSA) is 29.5 Å². The van der Waals surface area contributed by atoms with E-state index >= 15 is 0 Å². The standard InChI is InChI=1S/C23H25NO2/c1-3-24(16-18-9-13-21(14-10-18)23(25)26-4-2)17-19-11-12-20-7-5-6-8-22(20)15-19/h5-15H,3-4,16-17H2,1-2H3. The molecule has 26 heavy (non-hydrogen) atoms. The van der Waals surface area contributed by atoms with Gasteiger partial charge in [-0.1, -0.05) is 55.5 Å². The van der Waals surface area contributed by atoms with Crippen LogP contribution < -0.4 is 0 Å². The van der Waals surface area contributed by atoms with E-state index in [-0.39, 0.29) is 5.97 Å². The van der Waals surface area contributed by atoms with Crippen LogP contribution in [0.15, 0.2) is 66.7 Å². The van der Waals surface area contributed by atoms with Crippen molar-refractivity contribution in [1.29, 1.82) is 0 Å². The monoisotopic (exact) mass is 347 g/mol. The van der Waals surface area contributed by atoms with Crippen molar-refractivity contribution in [2.24, 2.45) is 0 Å². The van der Waals surface area contributed by atoms with Gasteiger partial charge in [0.15, 0.2) is 0 Å². The predicted octanol–water partition coefficient (Wildman–Crippen LogP) is 5.04. The van der Waals surface area contributed by atoms with E-state index in [2.05, 4.69) is 54.3 Å². The average Bonchev–Trinajstić information content (AvgIpc) is 2.68. The Morgan fingerprint density at radius 3 is 2.19 bits per heavy atom. The lowest BCUT2D eigenvalue weighted by Crippen LogP contribution is -2.22. The molecule has 3 rings (SSSR count). The van der Waals surface area contributed by atoms with Crippen molar-refractivity contribution >= 4 is 16.7 Å². The molecule has 0 N–H and O–H groups in total. The molecule has 0 aromatic heterocycles. The van der Waals surface area contributed by atoms with Crippen LogP contribution in [-0.4, -0.2) is 24.0 Å². The highest BCUT2D eigenvalue weighted by Crippen LogP contribution is 2.18. The van der Waals surface area contributed by atoms with Crippen LogP contribution >= 0.6 is 0 Å². The number of nitrogens with zero attached hydrogens (tertiary/aromatic N) is 1. The molecule has 0 saturated heterocycles. The molecular weight excluding hydrogens is 322 g/mol. The minimum atomic E-state index is -0.262. The molecule has 3 aromatic carbocycles. The number of hydrogen-bond donors (Lipinski definition) is 0. The summed E-state index contributed by atoms with van der Waals surface area (Å²) in [5.41, 5.74) is 3.11. The number of fused-ring (bicyclic) bond motifs is 1. The Balaban J connectivity index is 1.67. The molecule has 0 unspecified atom stereocenters. The summed E-state index contributed by atoms with van der Waals surface area (Å²) in [5.74, 6) is -0.262. The highest BCUT2D eigenvalue weighted by atomic mass is 16.5. The summed E-state index contributed by atoms with van der Waals surface area (Å²) in [7, 11) is 0. The molecule has 0 aliphatic carbocycles. The second kappa shape index (κ2) is 8.63. The fourth-order valence-electron chi connectivity index (χ4n) is 3.09. The third kappa shape index (κ3) is 4.50. The van der Waals surface area contributed by atoms with Crippen molar-refractivity contribution in [1.82, 2.24) is 4.90 Å². The van der Waals surface area contributed by atoms with Crippen molar-refractivity contribution in [3.05, 3.63) is 83.4 Å². The maximum absolute atomic E-state index is 11.8. The molecule has 0 atom stereocenters. The summed E-state index contributed by atoms with van der Waals surface area (Å²) in [6.07, 6.45) is 0. The Morgan fingerprint density at radius 1 is 0.846 bits per heavy atom. The van der Waals surface area contributed by atoms with E-state index in [1.165, 1.54) is 21.9 Å². The number of carbonyl (C=O) groups excluding carboxylic acids is 1. The number of rotatable bonds is 7. The van der Waals surface area contributed by atoms with Gasteiger partial charge in [-0.3, -0.25) is 4.90 Å². The van der Waals surface area contributed by atoms with Crippen LogP contribution in [0.3, 0.4) is 0 Å². The van der Waals surface area contributed by atoms with Crippen LogP contribution in [0.25, 0.3) is 10.8 Å². The van der Waals surface area contributed by atoms with Gasteiger partial charge in [0.25, 0.3) is 0 Å². The minimum absolute atomic E-state index is 0.262. The molecule has 3 heteroatoms. The van der Waals surface area contributed by atoms with E-state index in [0.29, 0.717) is 12.2 Å². The van der Waals surface area contributed by atoms with Gasteiger partial charge < -0.3 is 4.74 Å². The van der Waals surface area contributed by atoms with E-state index < -0.39 is 0 Å². The number of ether oxygens (including phenoxy) is 1. The predicted molar refractivity (Wildman–Crippen MR) is 106 cm³/mol. The Hall–Kier alpha value is -2.65. The zero-order valence-electron chi connectivity index (χ0n) is 15.4. The molecule has 0 bridgehead atoms. The van der Waals surface area contributed by atoms with Crippen molar-refractivity contribution in [3.63, 3.8) is 0 Å². The molecule has 0 amide bonds. The van der Waals surface area contributed by atoms with Crippen molar-refractivity contribution < 1.29 is 9.53 Å². The molecule has 3 nitrogen and oxygen atoms in total. The normalized spacial score (nSPS) is 11.0. The molecule has 0 heterocycles. The van der Waals surface area contributed by atoms with Crippen molar-refractivity contribution in [3.8, 4) is 0 Å². The Bertz CT molecular complexity index is 871. The smallest absolute Gasteiger partial charge is 0.338 e. The summed E-state index contributed by atoms with van der Waals surface area (Å²) in [4.78, 5) is 14.1. The fraction of sp³-hybridized carbons (Fsp3) is 0.261. The first-order valence-corrected chi connectivity index (χ1v) is 9.15. The summed E-state index contributed by atoms with van der Waals surface area (Å²) < 4.78 is 5.03. The lowest BCUT2D eigenvalue weighted by Gasteiger charge is -2.21. The van der Waals surface area contributed by atoms with E-state index in [4.69, 9.17) is 4.74 Å². The third-order valence-electron chi connectivity index (χ3n) is 4.54. The average molecular weight is 347 g/mol. The second-order valence-corrected chi connectivity index (χ2v) is 6.40. The molecule has 3 aromatic rings. The number of esters is 1. The van der Waals surface area contributed by atoms with Gasteiger partial charge >= 0.3 is 5.97 Å². The molecule has 0 fully saturated rings. The summed E-state index contributed by atoms with van der Waals surface area (Å²) in [5, 5.41) is 2.55. The van der Waals surface area contributed by atoms with E-state index in [0.717, 1.165) is 19.6 Å². The van der Waals surface area contributed by atoms with Crippen LogP contribution in [0.1, 0.15) is 35.3 Å². The molecule has 0 spiro atoms. The third-order valence-corrected chi connectivity index (χ3v) is 4.54. The first-order chi connectivity index (χ1) is 12.7. The van der Waals surface area contributed by atoms with Gasteiger partial charge in [0.2, 0.25) is 0 Å². The molecule has 0 radical (unpaired) electrons. The number of hydrogen-bond acceptors (Lipinski definition) is 3. The lowest BCUT2D eigenvalue weighted by molar-refractivity contribution is 0.0526. The summed E-state index contributed by atoms with van der Waals surface area (Å²) in [6.45, 7) is 7.11. The molecule has 0 aliphatic heterocycles. The van der Waals surface area contributed by atoms with Gasteiger partial charge in [-0.2, -0.15) is 0 Å². The van der Waals surface area contributed by atoms with Crippen LogP contribution in [0.4, 0.5) is 0 Å². The highest BCUT2D eigenvalue weighted by Gasteiger charge is 2.09. The van der Waals surface area contributed by atoms with Gasteiger partial charge in [-0.15, -0.1) is 0 Å². The molecule has 134 valence electrons. The van der Waals surface area contributed by atoms with E-state index in [1.807, 2.05) is 31.2 Å². The van der Waals surface area contributed by atoms with Gasteiger partial charge in [0, 0.05) is 13.1 Å². The fourth-order valence-corrected chi connectivity index (χ4v) is 3.09. The van der Waals surface area contributed by atoms with Crippen molar-refractivity contribution in [2.75, 3.05) is 13.2 Å². The zero-order valence-corrected chi connectivity index (χ0v) is 15.4. The van der Waals surface area contributed by atoms with Crippen LogP contribution in [0.5, 0.6) is 0 Å². The Labute approximate surface area is 155 Å². The van der Waals surface area contributed by atoms with Crippen LogP contribution in [0, 0.1) is 0 Å². The largest absolute Gasteiger partial charge is 0.462 e. The van der Waals surface area contributed by atoms with Gasteiger partial charge in [0.05, 0.1) is 12.2 Å². The summed E-state index contributed by atoms with van der Waals surface area (Å²) >= 11 is 0. The second-order valence-electron chi connectivity index (χ2n) is 6.40. The minimum Gasteiger partial charge on any atom is -0.462 e. The number of carbonyl (C=O) groups is 1. The maximum atomic E-state index is 11.8. The highest BCUT2D eigenvalue weighted by molar-refractivity contribution is 5.89. The molecule has 0 saturated carbocycles. The Morgan fingerprint density at radius 2 is 1.50 bits per heavy atom.